The van der Waals surface area contributed by atoms with Crippen LogP contribution in [0.1, 0.15) is 0 Å². The molecule has 1 aromatic heterocycles. The lowest BCUT2D eigenvalue weighted by atomic mass is 10.1. The van der Waals surface area contributed by atoms with Crippen LogP contribution in [0.25, 0.3) is 11.0 Å². The molecule has 0 spiro atoms. The van der Waals surface area contributed by atoms with Gasteiger partial charge < -0.3 is 19.6 Å². The van der Waals surface area contributed by atoms with Crippen LogP contribution in [0.3, 0.4) is 0 Å². The number of rotatable bonds is 12. The quantitative estimate of drug-likeness (QED) is 0.122. The van der Waals surface area contributed by atoms with Gasteiger partial charge in [-0.1, -0.05) is 109 Å². The maximum Gasteiger partial charge on any atom is 0.130 e. The first-order chi connectivity index (χ1) is 30.3. The summed E-state index contributed by atoms with van der Waals surface area (Å²) in [6.45, 7) is 0. The third-order valence-corrected chi connectivity index (χ3v) is 11.2. The Morgan fingerprint density at radius 1 is 0.213 bits per heavy atom. The summed E-state index contributed by atoms with van der Waals surface area (Å²) in [5.74, 6) is 0. The molecule has 0 saturated heterocycles. The second-order valence-electron chi connectivity index (χ2n) is 14.5. The van der Waals surface area contributed by atoms with Crippen LogP contribution < -0.4 is 19.6 Å². The van der Waals surface area contributed by atoms with Crippen LogP contribution in [0.4, 0.5) is 68.2 Å². The first-order valence-corrected chi connectivity index (χ1v) is 21.0. The van der Waals surface area contributed by atoms with E-state index >= 15 is 0 Å². The van der Waals surface area contributed by atoms with E-state index in [-0.39, 0.29) is 0 Å². The van der Waals surface area contributed by atoms with Gasteiger partial charge in [-0.2, -0.15) is 8.75 Å². The van der Waals surface area contributed by atoms with E-state index in [0.717, 1.165) is 79.3 Å². The van der Waals surface area contributed by atoms with Gasteiger partial charge in [0.1, 0.15) is 11.0 Å². The standard InChI is InChI=1S/C54H40N6S/c1-7-19-41(20-8-1)57(42-21-9-2-10-22-42)47-31-35-49(36-32-47)59(45-27-15-5-16-28-45)51-39-40-52(54-53(51)55-61-56-54)60(46-29-17-6-18-30-46)50-37-33-48(34-38-50)58(43-23-11-3-12-24-43)44-25-13-4-14-26-44/h1-40H. The highest BCUT2D eigenvalue weighted by Crippen LogP contribution is 2.46. The number of aromatic nitrogens is 2. The Hall–Kier alpha value is -8.00. The van der Waals surface area contributed by atoms with E-state index in [4.69, 9.17) is 8.75 Å². The molecule has 6 nitrogen and oxygen atoms in total. The molecule has 7 heteroatoms. The molecule has 0 unspecified atom stereocenters. The molecule has 10 rings (SSSR count). The number of nitrogens with zero attached hydrogens (tertiary/aromatic N) is 6. The molecular formula is C54H40N6S. The summed E-state index contributed by atoms with van der Waals surface area (Å²) in [7, 11) is 0. The molecule has 0 aliphatic rings. The molecule has 292 valence electrons. The zero-order valence-electron chi connectivity index (χ0n) is 33.2. The number of hydrogen-bond donors (Lipinski definition) is 0. The van der Waals surface area contributed by atoms with Crippen LogP contribution in [0.5, 0.6) is 0 Å². The van der Waals surface area contributed by atoms with Crippen LogP contribution in [0.15, 0.2) is 243 Å². The largest absolute Gasteiger partial charge is 0.311 e. The molecule has 10 aromatic rings. The first kappa shape index (κ1) is 37.3. The van der Waals surface area contributed by atoms with Crippen LogP contribution in [-0.4, -0.2) is 8.75 Å². The fraction of sp³-hybridized carbons (Fsp3) is 0. The van der Waals surface area contributed by atoms with Crippen LogP contribution in [0.2, 0.25) is 0 Å². The maximum absolute atomic E-state index is 5.00. The van der Waals surface area contributed by atoms with Crippen molar-refractivity contribution in [2.45, 2.75) is 0 Å². The van der Waals surface area contributed by atoms with Crippen molar-refractivity contribution in [1.29, 1.82) is 0 Å². The van der Waals surface area contributed by atoms with E-state index in [1.807, 2.05) is 36.4 Å². The van der Waals surface area contributed by atoms with Gasteiger partial charge in [0.05, 0.1) is 23.1 Å². The highest BCUT2D eigenvalue weighted by Gasteiger charge is 2.24. The normalized spacial score (nSPS) is 11.0. The van der Waals surface area contributed by atoms with E-state index in [1.54, 1.807) is 0 Å². The smallest absolute Gasteiger partial charge is 0.130 e. The van der Waals surface area contributed by atoms with Gasteiger partial charge in [-0.05, 0) is 133 Å². The highest BCUT2D eigenvalue weighted by molar-refractivity contribution is 7.00. The first-order valence-electron chi connectivity index (χ1n) is 20.3. The lowest BCUT2D eigenvalue weighted by Gasteiger charge is -2.30. The molecule has 61 heavy (non-hydrogen) atoms. The second kappa shape index (κ2) is 17.1. The minimum atomic E-state index is 0.822. The molecule has 0 amide bonds. The molecule has 0 aliphatic heterocycles. The molecule has 0 bridgehead atoms. The van der Waals surface area contributed by atoms with E-state index in [2.05, 4.69) is 226 Å². The zero-order valence-corrected chi connectivity index (χ0v) is 34.0. The predicted molar refractivity (Wildman–Crippen MR) is 256 cm³/mol. The van der Waals surface area contributed by atoms with E-state index in [9.17, 15) is 0 Å². The molecule has 0 fully saturated rings. The lowest BCUT2D eigenvalue weighted by Crippen LogP contribution is -2.14. The number of benzene rings is 9. The maximum atomic E-state index is 5.00. The number of hydrogen-bond acceptors (Lipinski definition) is 7. The topological polar surface area (TPSA) is 38.7 Å². The predicted octanol–water partition coefficient (Wildman–Crippen LogP) is 15.6. The van der Waals surface area contributed by atoms with Crippen molar-refractivity contribution in [3.63, 3.8) is 0 Å². The minimum absolute atomic E-state index is 0.822. The summed E-state index contributed by atoms with van der Waals surface area (Å²) in [5, 5.41) is 0. The van der Waals surface area contributed by atoms with Gasteiger partial charge in [0.15, 0.2) is 0 Å². The molecule has 0 aliphatic carbocycles. The fourth-order valence-electron chi connectivity index (χ4n) is 7.91. The Kier molecular flexibility index (Phi) is 10.4. The van der Waals surface area contributed by atoms with Gasteiger partial charge in [0.25, 0.3) is 0 Å². The third kappa shape index (κ3) is 7.58. The molecule has 0 saturated carbocycles. The minimum Gasteiger partial charge on any atom is -0.311 e. The Morgan fingerprint density at radius 3 is 0.656 bits per heavy atom. The second-order valence-corrected chi connectivity index (χ2v) is 15.0. The molecule has 0 N–H and O–H groups in total. The molecule has 9 aromatic carbocycles. The summed E-state index contributed by atoms with van der Waals surface area (Å²) >= 11 is 1.23. The molecular weight excluding hydrogens is 765 g/mol. The van der Waals surface area contributed by atoms with E-state index < -0.39 is 0 Å². The van der Waals surface area contributed by atoms with Gasteiger partial charge in [-0.3, -0.25) is 0 Å². The van der Waals surface area contributed by atoms with Gasteiger partial charge in [-0.25, -0.2) is 0 Å². The number of anilines is 12. The Labute approximate surface area is 360 Å². The average molecular weight is 805 g/mol. The van der Waals surface area contributed by atoms with Crippen LogP contribution in [-0.2, 0) is 0 Å². The number of fused-ring (bicyclic) bond motifs is 1. The fourth-order valence-corrected chi connectivity index (χ4v) is 8.48. The summed E-state index contributed by atoms with van der Waals surface area (Å²) in [6.07, 6.45) is 0. The summed E-state index contributed by atoms with van der Waals surface area (Å²) < 4.78 is 10.00. The van der Waals surface area contributed by atoms with Crippen molar-refractivity contribution in [2.75, 3.05) is 19.6 Å². The van der Waals surface area contributed by atoms with Crippen molar-refractivity contribution in [2.24, 2.45) is 0 Å². The van der Waals surface area contributed by atoms with Gasteiger partial charge in [0.2, 0.25) is 0 Å². The van der Waals surface area contributed by atoms with Crippen LogP contribution >= 0.6 is 11.7 Å². The summed E-state index contributed by atoms with van der Waals surface area (Å²) in [6, 6.07) is 84.7. The Balaban J connectivity index is 1.06. The summed E-state index contributed by atoms with van der Waals surface area (Å²) in [4.78, 5) is 9.10. The van der Waals surface area contributed by atoms with Gasteiger partial charge in [-0.15, -0.1) is 0 Å². The Bertz CT molecular complexity index is 2670. The molecule has 0 atom stereocenters. The molecule has 1 heterocycles. The van der Waals surface area contributed by atoms with Crippen molar-refractivity contribution < 1.29 is 0 Å². The van der Waals surface area contributed by atoms with Gasteiger partial charge >= 0.3 is 0 Å². The number of para-hydroxylation sites is 6. The van der Waals surface area contributed by atoms with Crippen molar-refractivity contribution >= 4 is 91.0 Å². The summed E-state index contributed by atoms with van der Waals surface area (Å²) in [5.41, 5.74) is 14.1. The third-order valence-electron chi connectivity index (χ3n) is 10.7. The lowest BCUT2D eigenvalue weighted by molar-refractivity contribution is 1.25. The van der Waals surface area contributed by atoms with E-state index in [0.29, 0.717) is 0 Å². The van der Waals surface area contributed by atoms with E-state index in [1.165, 1.54) is 11.7 Å². The van der Waals surface area contributed by atoms with Crippen molar-refractivity contribution in [3.05, 3.63) is 243 Å². The van der Waals surface area contributed by atoms with Crippen molar-refractivity contribution in [1.82, 2.24) is 8.75 Å². The SMILES string of the molecule is c1ccc(N(c2ccccc2)c2ccc(N(c3ccccc3)c3ccc(N(c4ccccc4)c4ccc(N(c5ccccc5)c5ccccc5)cc4)c4nsnc34)cc2)cc1. The monoisotopic (exact) mass is 804 g/mol. The average Bonchev–Trinajstić information content (AvgIpc) is 3.84. The van der Waals surface area contributed by atoms with Crippen molar-refractivity contribution in [3.8, 4) is 0 Å². The van der Waals surface area contributed by atoms with Gasteiger partial charge in [0, 0.05) is 56.9 Å². The Morgan fingerprint density at radius 2 is 0.410 bits per heavy atom. The molecule has 0 radical (unpaired) electrons. The zero-order chi connectivity index (χ0) is 40.8. The highest BCUT2D eigenvalue weighted by atomic mass is 32.1. The van der Waals surface area contributed by atoms with Crippen LogP contribution in [0, 0.1) is 0 Å².